The molecule has 0 bridgehead atoms. The van der Waals surface area contributed by atoms with Crippen LogP contribution >= 0.6 is 0 Å². The molecule has 0 aliphatic rings. The predicted molar refractivity (Wildman–Crippen MR) is 257 cm³/mol. The molecule has 0 aliphatic heterocycles. The summed E-state index contributed by atoms with van der Waals surface area (Å²) in [6, 6.07) is 88.8. The number of benzene rings is 11. The zero-order valence-corrected chi connectivity index (χ0v) is 33.1. The summed E-state index contributed by atoms with van der Waals surface area (Å²) in [4.78, 5) is 0. The zero-order chi connectivity index (χ0) is 39.8. The molecule has 0 atom stereocenters. The Morgan fingerprint density at radius 2 is 0.350 bits per heavy atom. The molecule has 0 heteroatoms. The topological polar surface area (TPSA) is 0 Å². The van der Waals surface area contributed by atoms with Crippen LogP contribution in [0.15, 0.2) is 243 Å². The second kappa shape index (κ2) is 15.2. The lowest BCUT2D eigenvalue weighted by atomic mass is 9.89. The molecule has 280 valence electrons. The van der Waals surface area contributed by atoms with Crippen molar-refractivity contribution in [1.82, 2.24) is 0 Å². The molecule has 0 radical (unpaired) electrons. The Morgan fingerprint density at radius 1 is 0.117 bits per heavy atom. The molecule has 0 amide bonds. The fourth-order valence-electron chi connectivity index (χ4n) is 8.97. The van der Waals surface area contributed by atoms with E-state index in [0.717, 1.165) is 0 Å². The van der Waals surface area contributed by atoms with Gasteiger partial charge in [0, 0.05) is 0 Å². The highest BCUT2D eigenvalue weighted by molar-refractivity contribution is 6.25. The minimum atomic E-state index is 1.18. The van der Waals surface area contributed by atoms with E-state index in [1.807, 2.05) is 0 Å². The van der Waals surface area contributed by atoms with E-state index in [-0.39, 0.29) is 0 Å². The van der Waals surface area contributed by atoms with Crippen molar-refractivity contribution in [2.75, 3.05) is 0 Å². The molecule has 11 aromatic rings. The summed E-state index contributed by atoms with van der Waals surface area (Å²) in [6.45, 7) is 0. The molecule has 0 aliphatic carbocycles. The highest BCUT2D eigenvalue weighted by Crippen LogP contribution is 2.40. The van der Waals surface area contributed by atoms with Crippen LogP contribution in [0.1, 0.15) is 0 Å². The van der Waals surface area contributed by atoms with Crippen LogP contribution < -0.4 is 0 Å². The van der Waals surface area contributed by atoms with Crippen molar-refractivity contribution in [3.63, 3.8) is 0 Å². The second-order valence-electron chi connectivity index (χ2n) is 15.7. The first kappa shape index (κ1) is 35.4. The number of rotatable bonds is 7. The molecule has 11 aromatic carbocycles. The first-order chi connectivity index (χ1) is 29.7. The fourth-order valence-corrected chi connectivity index (χ4v) is 8.97. The predicted octanol–water partition coefficient (Wildman–Crippen LogP) is 16.8. The quantitative estimate of drug-likeness (QED) is 0.142. The lowest BCUT2D eigenvalue weighted by Crippen LogP contribution is -1.89. The summed E-state index contributed by atoms with van der Waals surface area (Å²) < 4.78 is 0. The van der Waals surface area contributed by atoms with Crippen molar-refractivity contribution in [1.29, 1.82) is 0 Å². The van der Waals surface area contributed by atoms with Gasteiger partial charge in [-0.05, 0) is 153 Å². The normalized spacial score (nSPS) is 11.3. The maximum Gasteiger partial charge on any atom is -0.00928 e. The van der Waals surface area contributed by atoms with Crippen LogP contribution in [-0.2, 0) is 0 Å². The summed E-state index contributed by atoms with van der Waals surface area (Å²) in [5, 5.41) is 7.70. The smallest absolute Gasteiger partial charge is 0.00928 e. The number of fused-ring (bicyclic) bond motifs is 6. The van der Waals surface area contributed by atoms with Gasteiger partial charge in [0.25, 0.3) is 0 Å². The molecule has 0 aromatic heterocycles. The minimum Gasteiger partial charge on any atom is -0.0622 e. The Balaban J connectivity index is 1.05. The number of hydrogen-bond donors (Lipinski definition) is 0. The van der Waals surface area contributed by atoms with E-state index < -0.39 is 0 Å². The van der Waals surface area contributed by atoms with E-state index in [0.29, 0.717) is 0 Å². The summed E-state index contributed by atoms with van der Waals surface area (Å²) in [7, 11) is 0. The minimum absolute atomic E-state index is 1.18. The van der Waals surface area contributed by atoms with Gasteiger partial charge in [-0.3, -0.25) is 0 Å². The standard InChI is InChI=1S/C60H40/c1-3-14-41(15-4-1)43-28-30-44(31-29-43)46-19-12-22-49(35-46)52-37-53(50-23-13-21-48(36-50)47-20-11-18-45(34-47)42-16-5-2-6-17-42)39-54(38-52)51-32-33-59-57-26-8-7-24-55(57)56-25-9-10-27-58(56)60(59)40-51/h1-40H. The molecular formula is C60H40. The van der Waals surface area contributed by atoms with Crippen molar-refractivity contribution in [2.45, 2.75) is 0 Å². The molecule has 0 saturated carbocycles. The van der Waals surface area contributed by atoms with E-state index in [2.05, 4.69) is 243 Å². The molecule has 0 unspecified atom stereocenters. The zero-order valence-electron chi connectivity index (χ0n) is 33.1. The molecule has 0 N–H and O–H groups in total. The summed E-state index contributed by atoms with van der Waals surface area (Å²) in [5.74, 6) is 0. The van der Waals surface area contributed by atoms with Gasteiger partial charge in [-0.15, -0.1) is 0 Å². The maximum atomic E-state index is 2.41. The molecular weight excluding hydrogens is 721 g/mol. The highest BCUT2D eigenvalue weighted by atomic mass is 14.2. The van der Waals surface area contributed by atoms with Gasteiger partial charge in [0.15, 0.2) is 0 Å². The third kappa shape index (κ3) is 6.65. The van der Waals surface area contributed by atoms with Crippen LogP contribution in [0.2, 0.25) is 0 Å². The number of hydrogen-bond acceptors (Lipinski definition) is 0. The van der Waals surface area contributed by atoms with Crippen molar-refractivity contribution in [3.05, 3.63) is 243 Å². The second-order valence-corrected chi connectivity index (χ2v) is 15.7. The van der Waals surface area contributed by atoms with Gasteiger partial charge in [-0.25, -0.2) is 0 Å². The van der Waals surface area contributed by atoms with Gasteiger partial charge in [0.1, 0.15) is 0 Å². The molecule has 0 fully saturated rings. The first-order valence-corrected chi connectivity index (χ1v) is 20.7. The Bertz CT molecular complexity index is 3300. The van der Waals surface area contributed by atoms with Crippen molar-refractivity contribution in [3.8, 4) is 77.9 Å². The molecule has 0 saturated heterocycles. The first-order valence-electron chi connectivity index (χ1n) is 20.7. The largest absolute Gasteiger partial charge is 0.0622 e. The average Bonchev–Trinajstić information content (AvgIpc) is 3.34. The molecule has 60 heavy (non-hydrogen) atoms. The molecule has 11 rings (SSSR count). The van der Waals surface area contributed by atoms with Gasteiger partial charge in [0.2, 0.25) is 0 Å². The summed E-state index contributed by atoms with van der Waals surface area (Å²) >= 11 is 0. The van der Waals surface area contributed by atoms with Gasteiger partial charge in [-0.2, -0.15) is 0 Å². The van der Waals surface area contributed by atoms with Crippen LogP contribution in [-0.4, -0.2) is 0 Å². The van der Waals surface area contributed by atoms with E-state index in [9.17, 15) is 0 Å². The van der Waals surface area contributed by atoms with Crippen LogP contribution in [0, 0.1) is 0 Å². The Morgan fingerprint density at radius 3 is 0.783 bits per heavy atom. The van der Waals surface area contributed by atoms with E-state index in [1.54, 1.807) is 0 Å². The van der Waals surface area contributed by atoms with Gasteiger partial charge in [0.05, 0.1) is 0 Å². The van der Waals surface area contributed by atoms with Crippen molar-refractivity contribution < 1.29 is 0 Å². The SMILES string of the molecule is c1ccc(-c2ccc(-c3cccc(-c4cc(-c5cccc(-c6cccc(-c7ccccc7)c6)c5)cc(-c5ccc6c7ccccc7c7ccccc7c6c5)c4)c3)cc2)cc1. The third-order valence-corrected chi connectivity index (χ3v) is 12.0. The maximum absolute atomic E-state index is 2.41. The average molecular weight is 761 g/mol. The Labute approximate surface area is 351 Å². The Hall–Kier alpha value is -7.80. The Kier molecular flexibility index (Phi) is 8.95. The monoisotopic (exact) mass is 760 g/mol. The molecule has 0 spiro atoms. The van der Waals surface area contributed by atoms with E-state index in [4.69, 9.17) is 0 Å². The van der Waals surface area contributed by atoms with Gasteiger partial charge in [-0.1, -0.05) is 200 Å². The van der Waals surface area contributed by atoms with Crippen LogP contribution in [0.25, 0.3) is 110 Å². The fraction of sp³-hybridized carbons (Fsp3) is 0. The summed E-state index contributed by atoms with van der Waals surface area (Å²) in [6.07, 6.45) is 0. The van der Waals surface area contributed by atoms with Gasteiger partial charge >= 0.3 is 0 Å². The van der Waals surface area contributed by atoms with Gasteiger partial charge < -0.3 is 0 Å². The van der Waals surface area contributed by atoms with Crippen molar-refractivity contribution in [2.24, 2.45) is 0 Å². The van der Waals surface area contributed by atoms with Crippen molar-refractivity contribution >= 4 is 32.3 Å². The van der Waals surface area contributed by atoms with Crippen LogP contribution in [0.3, 0.4) is 0 Å². The lowest BCUT2D eigenvalue weighted by Gasteiger charge is -2.15. The van der Waals surface area contributed by atoms with E-state index in [1.165, 1.54) is 110 Å². The lowest BCUT2D eigenvalue weighted by molar-refractivity contribution is 1.55. The van der Waals surface area contributed by atoms with Crippen LogP contribution in [0.5, 0.6) is 0 Å². The summed E-state index contributed by atoms with van der Waals surface area (Å²) in [5.41, 5.74) is 16.8. The third-order valence-electron chi connectivity index (χ3n) is 12.0. The molecule has 0 nitrogen and oxygen atoms in total. The molecule has 0 heterocycles. The van der Waals surface area contributed by atoms with Crippen LogP contribution in [0.4, 0.5) is 0 Å². The van der Waals surface area contributed by atoms with E-state index >= 15 is 0 Å². The highest BCUT2D eigenvalue weighted by Gasteiger charge is 2.14.